The Morgan fingerprint density at radius 1 is 1.63 bits per heavy atom. The summed E-state index contributed by atoms with van der Waals surface area (Å²) in [5.41, 5.74) is 3.00. The van der Waals surface area contributed by atoms with Crippen molar-refractivity contribution in [1.82, 2.24) is 0 Å². The average molecular weight is 268 g/mol. The Morgan fingerprint density at radius 3 is 3.05 bits per heavy atom. The predicted molar refractivity (Wildman–Crippen MR) is 69.9 cm³/mol. The van der Waals surface area contributed by atoms with E-state index in [1.165, 1.54) is 0 Å². The van der Waals surface area contributed by atoms with Crippen molar-refractivity contribution >= 4 is 17.1 Å². The number of para-hydroxylation sites is 1. The molecular weight excluding hydrogens is 252 g/mol. The van der Waals surface area contributed by atoms with Gasteiger partial charge in [0.15, 0.2) is 0 Å². The van der Waals surface area contributed by atoms with Crippen molar-refractivity contribution in [3.8, 4) is 0 Å². The van der Waals surface area contributed by atoms with Crippen LogP contribution >= 0.6 is 0 Å². The van der Waals surface area contributed by atoms with Crippen molar-refractivity contribution in [3.05, 3.63) is 28.3 Å². The SMILES string of the molecule is NNc1cccc(N2CCOC(CO)C2)c1[N+](=O)[O-]. The minimum Gasteiger partial charge on any atom is -0.394 e. The highest BCUT2D eigenvalue weighted by Crippen LogP contribution is 2.35. The van der Waals surface area contributed by atoms with Gasteiger partial charge in [0.05, 0.1) is 24.2 Å². The van der Waals surface area contributed by atoms with Gasteiger partial charge < -0.3 is 20.2 Å². The number of nitrogen functional groups attached to an aromatic ring is 1. The van der Waals surface area contributed by atoms with E-state index < -0.39 is 4.92 Å². The van der Waals surface area contributed by atoms with Gasteiger partial charge >= 0.3 is 5.69 Å². The molecule has 0 saturated carbocycles. The van der Waals surface area contributed by atoms with Crippen molar-refractivity contribution in [2.45, 2.75) is 6.10 Å². The number of rotatable bonds is 4. The van der Waals surface area contributed by atoms with Crippen molar-refractivity contribution in [3.63, 3.8) is 0 Å². The lowest BCUT2D eigenvalue weighted by molar-refractivity contribution is -0.383. The Hall–Kier alpha value is -1.90. The van der Waals surface area contributed by atoms with Crippen molar-refractivity contribution < 1.29 is 14.8 Å². The molecule has 19 heavy (non-hydrogen) atoms. The normalized spacial score (nSPS) is 19.3. The summed E-state index contributed by atoms with van der Waals surface area (Å²) in [5, 5.41) is 20.3. The predicted octanol–water partition coefficient (Wildman–Crippen LogP) is 0.0779. The van der Waals surface area contributed by atoms with E-state index in [2.05, 4.69) is 5.43 Å². The molecule has 1 aromatic carbocycles. The molecule has 8 heteroatoms. The Kier molecular flexibility index (Phi) is 4.15. The molecule has 1 saturated heterocycles. The van der Waals surface area contributed by atoms with Gasteiger partial charge in [-0.1, -0.05) is 6.07 Å². The number of aliphatic hydroxyl groups is 1. The number of hydrogen-bond donors (Lipinski definition) is 3. The summed E-state index contributed by atoms with van der Waals surface area (Å²) in [6.07, 6.45) is -0.331. The lowest BCUT2D eigenvalue weighted by Gasteiger charge is -2.33. The van der Waals surface area contributed by atoms with E-state index in [0.717, 1.165) is 0 Å². The van der Waals surface area contributed by atoms with Gasteiger partial charge in [-0.25, -0.2) is 0 Å². The van der Waals surface area contributed by atoms with E-state index in [1.54, 1.807) is 18.2 Å². The maximum absolute atomic E-state index is 11.2. The molecule has 0 amide bonds. The first-order chi connectivity index (χ1) is 9.17. The largest absolute Gasteiger partial charge is 0.394 e. The maximum atomic E-state index is 11.2. The third kappa shape index (κ3) is 2.75. The first kappa shape index (κ1) is 13.5. The van der Waals surface area contributed by atoms with Crippen LogP contribution in [-0.4, -0.2) is 42.4 Å². The number of nitrogens with zero attached hydrogens (tertiary/aromatic N) is 2. The Morgan fingerprint density at radius 2 is 2.42 bits per heavy atom. The summed E-state index contributed by atoms with van der Waals surface area (Å²) in [7, 11) is 0. The molecule has 1 aromatic rings. The highest BCUT2D eigenvalue weighted by atomic mass is 16.6. The number of morpholine rings is 1. The summed E-state index contributed by atoms with van der Waals surface area (Å²) in [6, 6.07) is 4.91. The van der Waals surface area contributed by atoms with Crippen LogP contribution in [0.5, 0.6) is 0 Å². The smallest absolute Gasteiger partial charge is 0.316 e. The van der Waals surface area contributed by atoms with E-state index in [4.69, 9.17) is 15.7 Å². The molecule has 0 aliphatic carbocycles. The number of anilines is 2. The monoisotopic (exact) mass is 268 g/mol. The average Bonchev–Trinajstić information content (AvgIpc) is 2.46. The first-order valence-corrected chi connectivity index (χ1v) is 5.88. The highest BCUT2D eigenvalue weighted by molar-refractivity contribution is 5.76. The quantitative estimate of drug-likeness (QED) is 0.402. The van der Waals surface area contributed by atoms with Crippen LogP contribution in [0.15, 0.2) is 18.2 Å². The summed E-state index contributed by atoms with van der Waals surface area (Å²) < 4.78 is 5.33. The van der Waals surface area contributed by atoms with Gasteiger partial charge in [0, 0.05) is 13.1 Å². The molecule has 1 heterocycles. The second-order valence-electron chi connectivity index (χ2n) is 4.20. The van der Waals surface area contributed by atoms with E-state index in [-0.39, 0.29) is 24.1 Å². The zero-order valence-corrected chi connectivity index (χ0v) is 10.3. The van der Waals surface area contributed by atoms with Crippen LogP contribution in [0, 0.1) is 10.1 Å². The minimum absolute atomic E-state index is 0.0661. The van der Waals surface area contributed by atoms with Gasteiger partial charge in [0.1, 0.15) is 11.4 Å². The van der Waals surface area contributed by atoms with E-state index in [1.807, 2.05) is 4.90 Å². The number of nitro benzene ring substituents is 1. The molecule has 2 rings (SSSR count). The fourth-order valence-corrected chi connectivity index (χ4v) is 2.14. The van der Waals surface area contributed by atoms with E-state index >= 15 is 0 Å². The Labute approximate surface area is 109 Å². The summed E-state index contributed by atoms with van der Waals surface area (Å²) in [6.45, 7) is 1.25. The second-order valence-corrected chi connectivity index (χ2v) is 4.20. The molecule has 0 spiro atoms. The zero-order valence-electron chi connectivity index (χ0n) is 10.3. The van der Waals surface area contributed by atoms with Crippen LogP contribution < -0.4 is 16.2 Å². The number of benzene rings is 1. The van der Waals surface area contributed by atoms with Crippen molar-refractivity contribution in [2.24, 2.45) is 5.84 Å². The molecule has 0 bridgehead atoms. The number of nitrogens with one attached hydrogen (secondary N) is 1. The van der Waals surface area contributed by atoms with Crippen LogP contribution in [0.1, 0.15) is 0 Å². The van der Waals surface area contributed by atoms with Crippen molar-refractivity contribution in [1.29, 1.82) is 0 Å². The van der Waals surface area contributed by atoms with Crippen LogP contribution in [0.3, 0.4) is 0 Å². The summed E-state index contributed by atoms with van der Waals surface area (Å²) in [5.74, 6) is 5.30. The molecule has 0 aromatic heterocycles. The van der Waals surface area contributed by atoms with Gasteiger partial charge in [-0.3, -0.25) is 16.0 Å². The highest BCUT2D eigenvalue weighted by Gasteiger charge is 2.27. The fourth-order valence-electron chi connectivity index (χ4n) is 2.14. The number of hydrazine groups is 1. The zero-order chi connectivity index (χ0) is 13.8. The molecule has 1 aliphatic heterocycles. The molecule has 4 N–H and O–H groups in total. The molecule has 104 valence electrons. The second kappa shape index (κ2) is 5.83. The Bertz CT molecular complexity index is 468. The van der Waals surface area contributed by atoms with Gasteiger partial charge in [-0.15, -0.1) is 0 Å². The minimum atomic E-state index is -0.464. The van der Waals surface area contributed by atoms with Crippen LogP contribution in [0.2, 0.25) is 0 Å². The molecule has 1 fully saturated rings. The first-order valence-electron chi connectivity index (χ1n) is 5.88. The fraction of sp³-hybridized carbons (Fsp3) is 0.455. The van der Waals surface area contributed by atoms with Gasteiger partial charge in [-0.05, 0) is 12.1 Å². The third-order valence-corrected chi connectivity index (χ3v) is 3.04. The van der Waals surface area contributed by atoms with Gasteiger partial charge in [0.25, 0.3) is 0 Å². The van der Waals surface area contributed by atoms with Gasteiger partial charge in [0.2, 0.25) is 0 Å². The lowest BCUT2D eigenvalue weighted by atomic mass is 10.2. The summed E-state index contributed by atoms with van der Waals surface area (Å²) >= 11 is 0. The molecule has 1 atom stereocenters. The standard InChI is InChI=1S/C11H16N4O4/c12-13-9-2-1-3-10(11(9)15(17)18)14-4-5-19-8(6-14)7-16/h1-3,8,13,16H,4-7,12H2. The van der Waals surface area contributed by atoms with E-state index in [0.29, 0.717) is 25.4 Å². The molecule has 1 aliphatic rings. The van der Waals surface area contributed by atoms with E-state index in [9.17, 15) is 10.1 Å². The maximum Gasteiger partial charge on any atom is 0.316 e. The van der Waals surface area contributed by atoms with Crippen LogP contribution in [-0.2, 0) is 4.74 Å². The number of hydrogen-bond acceptors (Lipinski definition) is 7. The summed E-state index contributed by atoms with van der Waals surface area (Å²) in [4.78, 5) is 12.6. The lowest BCUT2D eigenvalue weighted by Crippen LogP contribution is -2.44. The topological polar surface area (TPSA) is 114 Å². The molecule has 8 nitrogen and oxygen atoms in total. The number of aliphatic hydroxyl groups excluding tert-OH is 1. The Balaban J connectivity index is 2.35. The number of nitro groups is 1. The number of ether oxygens (including phenoxy) is 1. The van der Waals surface area contributed by atoms with Crippen molar-refractivity contribution in [2.75, 3.05) is 36.6 Å². The van der Waals surface area contributed by atoms with Gasteiger partial charge in [-0.2, -0.15) is 0 Å². The van der Waals surface area contributed by atoms with Crippen LogP contribution in [0.25, 0.3) is 0 Å². The van der Waals surface area contributed by atoms with Crippen LogP contribution in [0.4, 0.5) is 17.1 Å². The third-order valence-electron chi connectivity index (χ3n) is 3.04. The molecule has 1 unspecified atom stereocenters. The molecular formula is C11H16N4O4. The molecule has 0 radical (unpaired) electrons. The number of nitrogens with two attached hydrogens (primary N) is 1.